The zero-order valence-electron chi connectivity index (χ0n) is 29.0. The van der Waals surface area contributed by atoms with Crippen LogP contribution in [0.2, 0.25) is 0 Å². The van der Waals surface area contributed by atoms with Gasteiger partial charge in [-0.1, -0.05) is 51.1 Å². The van der Waals surface area contributed by atoms with Crippen molar-refractivity contribution >= 4 is 35.0 Å². The first kappa shape index (κ1) is 33.1. The van der Waals surface area contributed by atoms with Gasteiger partial charge >= 0.3 is 5.97 Å². The maximum atomic E-state index is 13.8. The molecule has 2 atom stereocenters. The number of methoxy groups -OCH3 is 1. The fourth-order valence-electron chi connectivity index (χ4n) is 7.58. The Balaban J connectivity index is 1.30. The van der Waals surface area contributed by atoms with Gasteiger partial charge in [0.05, 0.1) is 35.6 Å². The topological polar surface area (TPSA) is 113 Å². The number of aliphatic imine (C=N–C) groups is 2. The largest absolute Gasteiger partial charge is 0.469 e. The Bertz CT molecular complexity index is 1940. The summed E-state index contributed by atoms with van der Waals surface area (Å²) in [4.78, 5) is 52.5. The van der Waals surface area contributed by atoms with Crippen molar-refractivity contribution in [1.82, 2.24) is 10.3 Å². The Morgan fingerprint density at radius 2 is 1.73 bits per heavy atom. The number of carbonyl (C=O) groups excluding carboxylic acids is 3. The molecule has 0 bridgehead atoms. The van der Waals surface area contributed by atoms with Gasteiger partial charge in [-0.3, -0.25) is 19.4 Å². The van der Waals surface area contributed by atoms with E-state index in [9.17, 15) is 14.4 Å². The van der Waals surface area contributed by atoms with E-state index in [1.165, 1.54) is 7.11 Å². The molecule has 1 saturated heterocycles. The summed E-state index contributed by atoms with van der Waals surface area (Å²) in [5.74, 6) is 0.210. The molecule has 248 valence electrons. The molecule has 0 radical (unpaired) electrons. The van der Waals surface area contributed by atoms with Crippen molar-refractivity contribution in [3.63, 3.8) is 0 Å². The molecule has 0 unspecified atom stereocenters. The van der Waals surface area contributed by atoms with E-state index < -0.39 is 0 Å². The smallest absolute Gasteiger partial charge is 0.305 e. The number of Topliss-reactive ketones (excluding diaryl/α,β-unsaturated/α-hetero) is 1. The lowest BCUT2D eigenvalue weighted by Crippen LogP contribution is -2.15. The molecule has 6 rings (SSSR count). The number of carbonyl (C=O) groups is 3. The van der Waals surface area contributed by atoms with Crippen LogP contribution < -0.4 is 5.32 Å². The summed E-state index contributed by atoms with van der Waals surface area (Å²) >= 11 is 0. The fraction of sp³-hybridized carbons (Fsp3) is 0.375. The molecule has 1 aromatic heterocycles. The van der Waals surface area contributed by atoms with E-state index in [4.69, 9.17) is 14.7 Å². The lowest BCUT2D eigenvalue weighted by atomic mass is 9.88. The summed E-state index contributed by atoms with van der Waals surface area (Å²) in [6, 6.07) is 9.35. The number of aromatic nitrogens is 1. The number of benzene rings is 1. The number of aromatic amines is 1. The van der Waals surface area contributed by atoms with Gasteiger partial charge in [-0.15, -0.1) is 0 Å². The fourth-order valence-corrected chi connectivity index (χ4v) is 7.58. The SMILES string of the molecule is CCC1=C(C)/C(=C/c2[nH]c(C(=O)c3ccccc3)c(C)c2CC)N=C1/C=C1/N=C2C/C(=C3\NC[C@@H](C)[C@@H]3CCC(=O)OC)C(=O)C2=C1C. The number of hydrogen-bond donors (Lipinski definition) is 2. The third-order valence-corrected chi connectivity index (χ3v) is 10.4. The summed E-state index contributed by atoms with van der Waals surface area (Å²) in [6.07, 6.45) is 7.10. The van der Waals surface area contributed by atoms with Crippen LogP contribution >= 0.6 is 0 Å². The van der Waals surface area contributed by atoms with E-state index in [1.54, 1.807) is 0 Å². The number of nitrogens with zero attached hydrogens (tertiary/aromatic N) is 2. The highest BCUT2D eigenvalue weighted by molar-refractivity contribution is 6.37. The first-order valence-electron chi connectivity index (χ1n) is 17.0. The maximum Gasteiger partial charge on any atom is 0.305 e. The van der Waals surface area contributed by atoms with Crippen LogP contribution in [0.1, 0.15) is 93.2 Å². The van der Waals surface area contributed by atoms with Gasteiger partial charge in [0.15, 0.2) is 5.78 Å². The minimum atomic E-state index is -0.230. The Kier molecular flexibility index (Phi) is 9.19. The molecule has 8 heteroatoms. The molecular formula is C40H44N4O4. The van der Waals surface area contributed by atoms with Crippen LogP contribution in [-0.2, 0) is 20.7 Å². The highest BCUT2D eigenvalue weighted by Gasteiger charge is 2.41. The minimum absolute atomic E-state index is 0.0213. The Hall–Kier alpha value is -4.85. The summed E-state index contributed by atoms with van der Waals surface area (Å²) in [7, 11) is 1.41. The van der Waals surface area contributed by atoms with Crippen molar-refractivity contribution < 1.29 is 19.1 Å². The van der Waals surface area contributed by atoms with Gasteiger partial charge in [-0.25, -0.2) is 4.99 Å². The Morgan fingerprint density at radius 1 is 1.00 bits per heavy atom. The van der Waals surface area contributed by atoms with Gasteiger partial charge in [-0.2, -0.15) is 0 Å². The molecule has 2 fully saturated rings. The lowest BCUT2D eigenvalue weighted by molar-refractivity contribution is -0.140. The molecule has 4 heterocycles. The number of H-pyrrole nitrogens is 1. The van der Waals surface area contributed by atoms with Crippen LogP contribution in [0, 0.1) is 18.8 Å². The standard InChI is InChI=1S/C40H44N4O4/c1-8-26-22(4)30(18-33-27(9-2)23(5)37(44-33)39(46)25-13-11-10-12-14-25)42-32(26)19-31-24(6)36-34(43-31)17-29(40(36)47)38-28(21(3)20-41-38)15-16-35(45)48-7/h10-14,18-19,21,28,41,44H,8-9,15-17,20H2,1-7H3/b30-18-,31-19+,38-29+/t21-,28+/m1/s1. The number of allylic oxidation sites excluding steroid dienone is 7. The molecule has 3 aliphatic heterocycles. The Labute approximate surface area is 282 Å². The van der Waals surface area contributed by atoms with E-state index in [0.717, 1.165) is 87.0 Å². The normalized spacial score (nSPS) is 23.8. The zero-order valence-corrected chi connectivity index (χ0v) is 29.0. The molecule has 8 nitrogen and oxygen atoms in total. The monoisotopic (exact) mass is 644 g/mol. The predicted molar refractivity (Wildman–Crippen MR) is 190 cm³/mol. The van der Waals surface area contributed by atoms with Gasteiger partial charge < -0.3 is 15.0 Å². The van der Waals surface area contributed by atoms with Crippen molar-refractivity contribution in [2.45, 2.75) is 73.6 Å². The second-order valence-corrected chi connectivity index (χ2v) is 13.1. The number of ketones is 2. The molecule has 2 N–H and O–H groups in total. The number of ether oxygens (including phenoxy) is 1. The molecular weight excluding hydrogens is 600 g/mol. The van der Waals surface area contributed by atoms with Gasteiger partial charge in [0.1, 0.15) is 0 Å². The lowest BCUT2D eigenvalue weighted by Gasteiger charge is -2.16. The van der Waals surface area contributed by atoms with E-state index >= 15 is 0 Å². The van der Waals surface area contributed by atoms with Crippen molar-refractivity contribution in [3.05, 3.63) is 109 Å². The van der Waals surface area contributed by atoms with Crippen molar-refractivity contribution in [2.75, 3.05) is 13.7 Å². The van der Waals surface area contributed by atoms with Crippen molar-refractivity contribution in [2.24, 2.45) is 21.8 Å². The number of hydrogen-bond acceptors (Lipinski definition) is 7. The van der Waals surface area contributed by atoms with Crippen LogP contribution in [-0.4, -0.2) is 47.6 Å². The zero-order chi connectivity index (χ0) is 34.3. The summed E-state index contributed by atoms with van der Waals surface area (Å²) in [5, 5.41) is 3.48. The Morgan fingerprint density at radius 3 is 2.40 bits per heavy atom. The predicted octanol–water partition coefficient (Wildman–Crippen LogP) is 7.33. The average molecular weight is 645 g/mol. The van der Waals surface area contributed by atoms with E-state index in [-0.39, 0.29) is 23.5 Å². The van der Waals surface area contributed by atoms with E-state index in [1.807, 2.05) is 50.3 Å². The van der Waals surface area contributed by atoms with Crippen molar-refractivity contribution in [3.8, 4) is 0 Å². The number of esters is 1. The third-order valence-electron chi connectivity index (χ3n) is 10.4. The third kappa shape index (κ3) is 5.78. The molecule has 1 aliphatic carbocycles. The van der Waals surface area contributed by atoms with Crippen LogP contribution in [0.15, 0.2) is 91.3 Å². The molecule has 4 aliphatic rings. The minimum Gasteiger partial charge on any atom is -0.469 e. The summed E-state index contributed by atoms with van der Waals surface area (Å²) < 4.78 is 4.86. The number of fused-ring (bicyclic) bond motifs is 1. The average Bonchev–Trinajstić information content (AvgIpc) is 3.86. The molecule has 1 saturated carbocycles. The second kappa shape index (κ2) is 13.3. The van der Waals surface area contributed by atoms with Crippen LogP contribution in [0.3, 0.4) is 0 Å². The van der Waals surface area contributed by atoms with Gasteiger partial charge in [0.2, 0.25) is 5.78 Å². The number of rotatable bonds is 9. The molecule has 0 amide bonds. The highest BCUT2D eigenvalue weighted by atomic mass is 16.5. The van der Waals surface area contributed by atoms with E-state index in [0.29, 0.717) is 42.0 Å². The summed E-state index contributed by atoms with van der Waals surface area (Å²) in [5.41, 5.74) is 13.0. The molecule has 0 spiro atoms. The van der Waals surface area contributed by atoms with Gasteiger partial charge in [0, 0.05) is 53.4 Å². The quantitative estimate of drug-likeness (QED) is 0.169. The van der Waals surface area contributed by atoms with Crippen LogP contribution in [0.25, 0.3) is 6.08 Å². The highest BCUT2D eigenvalue weighted by Crippen LogP contribution is 2.42. The van der Waals surface area contributed by atoms with Gasteiger partial charge in [0.25, 0.3) is 0 Å². The maximum absolute atomic E-state index is 13.8. The first-order valence-corrected chi connectivity index (χ1v) is 17.0. The first-order chi connectivity index (χ1) is 23.1. The van der Waals surface area contributed by atoms with E-state index in [2.05, 4.69) is 44.1 Å². The van der Waals surface area contributed by atoms with Crippen LogP contribution in [0.4, 0.5) is 0 Å². The molecule has 48 heavy (non-hydrogen) atoms. The molecule has 1 aromatic carbocycles. The molecule has 2 aromatic rings. The van der Waals surface area contributed by atoms with Crippen molar-refractivity contribution in [1.29, 1.82) is 0 Å². The summed E-state index contributed by atoms with van der Waals surface area (Å²) in [6.45, 7) is 13.2. The van der Waals surface area contributed by atoms with Crippen LogP contribution in [0.5, 0.6) is 0 Å². The number of nitrogens with one attached hydrogen (secondary N) is 2. The second-order valence-electron chi connectivity index (χ2n) is 13.1. The van der Waals surface area contributed by atoms with Gasteiger partial charge in [-0.05, 0) is 85.9 Å².